The van der Waals surface area contributed by atoms with E-state index < -0.39 is 0 Å². The average Bonchev–Trinajstić information content (AvgIpc) is 1.41. The molecule has 6 heavy (non-hydrogen) atoms. The molecule has 0 aliphatic carbocycles. The van der Waals surface area contributed by atoms with Crippen LogP contribution in [-0.2, 0) is 4.74 Å². The van der Waals surface area contributed by atoms with Gasteiger partial charge in [-0.25, -0.2) is 0 Å². The minimum atomic E-state index is 0. The van der Waals surface area contributed by atoms with E-state index >= 15 is 0 Å². The van der Waals surface area contributed by atoms with Gasteiger partial charge in [0.1, 0.15) is 6.61 Å². The summed E-state index contributed by atoms with van der Waals surface area (Å²) in [7, 11) is 1.57. The summed E-state index contributed by atoms with van der Waals surface area (Å²) in [4.78, 5) is 0. The number of hydrogen-bond donors (Lipinski definition) is 0. The van der Waals surface area contributed by atoms with E-state index in [4.69, 9.17) is 6.42 Å². The topological polar surface area (TPSA) is 9.23 Å². The summed E-state index contributed by atoms with van der Waals surface area (Å²) >= 11 is 0. The zero-order valence-corrected chi connectivity index (χ0v) is 3.19. The van der Waals surface area contributed by atoms with Crippen molar-refractivity contribution in [3.8, 4) is 12.3 Å². The molecule has 36 valence electrons. The van der Waals surface area contributed by atoms with Crippen LogP contribution >= 0.6 is 0 Å². The second-order valence-electron chi connectivity index (χ2n) is 0.637. The number of terminal acetylenes is 1. The fourth-order valence-corrected chi connectivity index (χ4v) is 0.0833. The Kier molecular flexibility index (Phi) is 13.4. The summed E-state index contributed by atoms with van der Waals surface area (Å²) in [5.74, 6) is 2.30. The number of methoxy groups -OCH3 is 1. The van der Waals surface area contributed by atoms with Crippen LogP contribution in [0.15, 0.2) is 0 Å². The van der Waals surface area contributed by atoms with E-state index in [1.54, 1.807) is 7.11 Å². The summed E-state index contributed by atoms with van der Waals surface area (Å²) in [6.45, 7) is 0.417. The number of ether oxygens (including phenoxy) is 1. The lowest BCUT2D eigenvalue weighted by Crippen LogP contribution is -1.77. The molecule has 0 fully saturated rings. The van der Waals surface area contributed by atoms with Crippen molar-refractivity contribution in [1.82, 2.24) is 0 Å². The third kappa shape index (κ3) is 9.68. The van der Waals surface area contributed by atoms with Gasteiger partial charge in [0.25, 0.3) is 0 Å². The highest BCUT2D eigenvalue weighted by Gasteiger charge is 1.57. The van der Waals surface area contributed by atoms with E-state index in [-0.39, 0.29) is 7.43 Å². The summed E-state index contributed by atoms with van der Waals surface area (Å²) in [5, 5.41) is 0. The molecular formula is C5H10O. The Morgan fingerprint density at radius 2 is 2.33 bits per heavy atom. The number of rotatable bonds is 1. The van der Waals surface area contributed by atoms with Crippen LogP contribution < -0.4 is 0 Å². The molecule has 0 aromatic rings. The van der Waals surface area contributed by atoms with E-state index in [0.29, 0.717) is 6.61 Å². The van der Waals surface area contributed by atoms with Crippen LogP contribution in [0.5, 0.6) is 0 Å². The largest absolute Gasteiger partial charge is 0.372 e. The molecule has 0 aliphatic heterocycles. The van der Waals surface area contributed by atoms with Crippen molar-refractivity contribution < 1.29 is 4.74 Å². The molecule has 1 heteroatoms. The van der Waals surface area contributed by atoms with Crippen LogP contribution in [0.4, 0.5) is 0 Å². The van der Waals surface area contributed by atoms with Gasteiger partial charge < -0.3 is 4.74 Å². The van der Waals surface area contributed by atoms with Crippen LogP contribution in [0.1, 0.15) is 7.43 Å². The van der Waals surface area contributed by atoms with Gasteiger partial charge in [-0.1, -0.05) is 13.3 Å². The molecule has 0 aromatic carbocycles. The van der Waals surface area contributed by atoms with Gasteiger partial charge >= 0.3 is 0 Å². The monoisotopic (exact) mass is 86.1 g/mol. The molecule has 0 unspecified atom stereocenters. The van der Waals surface area contributed by atoms with Crippen molar-refractivity contribution in [2.24, 2.45) is 0 Å². The van der Waals surface area contributed by atoms with Crippen molar-refractivity contribution in [2.45, 2.75) is 7.43 Å². The van der Waals surface area contributed by atoms with Crippen LogP contribution in [0, 0.1) is 12.3 Å². The zero-order chi connectivity index (χ0) is 4.12. The molecule has 0 atom stereocenters. The van der Waals surface area contributed by atoms with E-state index in [0.717, 1.165) is 0 Å². The fourth-order valence-electron chi connectivity index (χ4n) is 0.0833. The predicted molar refractivity (Wildman–Crippen MR) is 27.4 cm³/mol. The molecule has 0 aromatic heterocycles. The highest BCUT2D eigenvalue weighted by atomic mass is 16.5. The van der Waals surface area contributed by atoms with Gasteiger partial charge in [0, 0.05) is 7.11 Å². The maximum absolute atomic E-state index is 4.76. The Morgan fingerprint density at radius 1 is 1.83 bits per heavy atom. The molecule has 0 amide bonds. The number of hydrogen-bond acceptors (Lipinski definition) is 1. The maximum atomic E-state index is 4.76. The lowest BCUT2D eigenvalue weighted by atomic mass is 10.8. The summed E-state index contributed by atoms with van der Waals surface area (Å²) < 4.78 is 4.45. The highest BCUT2D eigenvalue weighted by molar-refractivity contribution is 4.82. The van der Waals surface area contributed by atoms with E-state index in [9.17, 15) is 0 Å². The molecule has 0 spiro atoms. The molecule has 0 saturated heterocycles. The molecule has 0 rings (SSSR count). The fraction of sp³-hybridized carbons (Fsp3) is 0.600. The quantitative estimate of drug-likeness (QED) is 0.431. The molecule has 1 nitrogen and oxygen atoms in total. The van der Waals surface area contributed by atoms with Crippen LogP contribution in [0.3, 0.4) is 0 Å². The average molecular weight is 86.1 g/mol. The van der Waals surface area contributed by atoms with Gasteiger partial charge in [-0.15, -0.1) is 6.42 Å². The van der Waals surface area contributed by atoms with Gasteiger partial charge in [-0.2, -0.15) is 0 Å². The Hall–Kier alpha value is -0.480. The van der Waals surface area contributed by atoms with Crippen LogP contribution in [0.25, 0.3) is 0 Å². The first-order chi connectivity index (χ1) is 2.41. The first kappa shape index (κ1) is 9.10. The van der Waals surface area contributed by atoms with Crippen LogP contribution in [0.2, 0.25) is 0 Å². The lowest BCUT2D eigenvalue weighted by molar-refractivity contribution is 0.240. The minimum Gasteiger partial charge on any atom is -0.372 e. The Labute approximate surface area is 39.3 Å². The third-order valence-electron chi connectivity index (χ3n) is 0.228. The van der Waals surface area contributed by atoms with Gasteiger partial charge in [0.2, 0.25) is 0 Å². The predicted octanol–water partition coefficient (Wildman–Crippen LogP) is 0.902. The second-order valence-corrected chi connectivity index (χ2v) is 0.637. The smallest absolute Gasteiger partial charge is 0.107 e. The molecular weight excluding hydrogens is 76.1 g/mol. The van der Waals surface area contributed by atoms with Gasteiger partial charge in [-0.3, -0.25) is 0 Å². The van der Waals surface area contributed by atoms with Crippen molar-refractivity contribution in [3.05, 3.63) is 0 Å². The Balaban J connectivity index is 0. The lowest BCUT2D eigenvalue weighted by Gasteiger charge is -1.76. The third-order valence-corrected chi connectivity index (χ3v) is 0.228. The van der Waals surface area contributed by atoms with Gasteiger partial charge in [0.05, 0.1) is 0 Å². The van der Waals surface area contributed by atoms with E-state index in [1.807, 2.05) is 0 Å². The summed E-state index contributed by atoms with van der Waals surface area (Å²) in [6, 6.07) is 0. The molecule has 0 saturated carbocycles. The highest BCUT2D eigenvalue weighted by Crippen LogP contribution is 1.53. The Morgan fingerprint density at radius 3 is 2.33 bits per heavy atom. The van der Waals surface area contributed by atoms with E-state index in [1.165, 1.54) is 0 Å². The molecule has 0 N–H and O–H groups in total. The van der Waals surface area contributed by atoms with Crippen molar-refractivity contribution in [1.29, 1.82) is 0 Å². The SMILES string of the molecule is C.C#CCOC. The Bertz CT molecular complexity index is 42.4. The van der Waals surface area contributed by atoms with Crippen molar-refractivity contribution >= 4 is 0 Å². The van der Waals surface area contributed by atoms with Crippen molar-refractivity contribution in [3.63, 3.8) is 0 Å². The van der Waals surface area contributed by atoms with E-state index in [2.05, 4.69) is 10.7 Å². The molecule has 0 aliphatic rings. The summed E-state index contributed by atoms with van der Waals surface area (Å²) in [5.41, 5.74) is 0. The summed E-state index contributed by atoms with van der Waals surface area (Å²) in [6.07, 6.45) is 4.76. The zero-order valence-electron chi connectivity index (χ0n) is 3.19. The standard InChI is InChI=1S/C4H6O.CH4/c1-3-4-5-2;/h1H,4H2,2H3;1H4. The molecule has 0 heterocycles. The molecule has 0 radical (unpaired) electrons. The maximum Gasteiger partial charge on any atom is 0.107 e. The van der Waals surface area contributed by atoms with Gasteiger partial charge in [0.15, 0.2) is 0 Å². The first-order valence-corrected chi connectivity index (χ1v) is 1.34. The van der Waals surface area contributed by atoms with Crippen molar-refractivity contribution in [2.75, 3.05) is 13.7 Å². The van der Waals surface area contributed by atoms with Crippen LogP contribution in [-0.4, -0.2) is 13.7 Å². The molecule has 0 bridgehead atoms. The first-order valence-electron chi connectivity index (χ1n) is 1.34. The minimum absolute atomic E-state index is 0. The van der Waals surface area contributed by atoms with Gasteiger partial charge in [-0.05, 0) is 0 Å². The normalized spacial score (nSPS) is 5.33. The second kappa shape index (κ2) is 8.82.